The fraction of sp³-hybridized carbons (Fsp3) is 0.0968. The molecule has 0 heterocycles. The van der Waals surface area contributed by atoms with Crippen molar-refractivity contribution in [2.24, 2.45) is 0 Å². The molecule has 4 amide bonds. The number of rotatable bonds is 10. The van der Waals surface area contributed by atoms with Crippen molar-refractivity contribution < 1.29 is 45.5 Å². The molecule has 0 atom stereocenters. The summed E-state index contributed by atoms with van der Waals surface area (Å²) >= 11 is 0. The first-order valence-corrected chi connectivity index (χ1v) is 16.5. The van der Waals surface area contributed by atoms with Crippen molar-refractivity contribution in [1.82, 2.24) is 9.44 Å². The van der Waals surface area contributed by atoms with E-state index >= 15 is 0 Å². The van der Waals surface area contributed by atoms with Crippen LogP contribution in [0.3, 0.4) is 0 Å². The monoisotopic (exact) mass is 680 g/mol. The lowest BCUT2D eigenvalue weighted by Crippen LogP contribution is -2.34. The van der Waals surface area contributed by atoms with Crippen LogP contribution in [-0.2, 0) is 29.5 Å². The summed E-state index contributed by atoms with van der Waals surface area (Å²) in [5.74, 6) is -1.84. The lowest BCUT2D eigenvalue weighted by Gasteiger charge is -2.11. The Morgan fingerprint density at radius 2 is 0.936 bits per heavy atom. The van der Waals surface area contributed by atoms with Crippen LogP contribution in [-0.4, -0.2) is 47.6 Å². The van der Waals surface area contributed by atoms with Gasteiger partial charge in [-0.25, -0.2) is 45.5 Å². The first kappa shape index (κ1) is 34.1. The first-order chi connectivity index (χ1) is 22.2. The van der Waals surface area contributed by atoms with Gasteiger partial charge in [0.25, 0.3) is 20.0 Å². The number of hydrogen-bond acceptors (Lipinski definition) is 10. The molecule has 16 heteroatoms. The molecule has 4 aromatic carbocycles. The molecule has 0 radical (unpaired) electrons. The zero-order chi connectivity index (χ0) is 34.2. The lowest BCUT2D eigenvalue weighted by atomic mass is 10.2. The molecule has 0 fully saturated rings. The third-order valence-corrected chi connectivity index (χ3v) is 8.80. The number of amides is 4. The lowest BCUT2D eigenvalue weighted by molar-refractivity contribution is -0.0167. The van der Waals surface area contributed by atoms with Gasteiger partial charge in [0.1, 0.15) is 0 Å². The van der Waals surface area contributed by atoms with E-state index < -0.39 is 50.8 Å². The number of benzene rings is 4. The molecule has 0 saturated heterocycles. The fourth-order valence-electron chi connectivity index (χ4n) is 3.99. The van der Waals surface area contributed by atoms with E-state index in [4.69, 9.17) is 9.47 Å². The number of carbonyl (C=O) groups is 4. The number of carbonyl (C=O) groups excluding carboxylic acids is 4. The van der Waals surface area contributed by atoms with Crippen molar-refractivity contribution in [3.8, 4) is 0 Å². The molecular formula is C31H28N4O10S2. The van der Waals surface area contributed by atoms with Crippen LogP contribution >= 0.6 is 0 Å². The van der Waals surface area contributed by atoms with Gasteiger partial charge >= 0.3 is 24.0 Å². The van der Waals surface area contributed by atoms with E-state index in [1.54, 1.807) is 26.0 Å². The third-order valence-electron chi connectivity index (χ3n) is 6.15. The minimum atomic E-state index is -4.15. The number of urea groups is 2. The van der Waals surface area contributed by atoms with Crippen LogP contribution in [0.1, 0.15) is 31.8 Å². The van der Waals surface area contributed by atoms with Gasteiger partial charge in [-0.2, -0.15) is 0 Å². The number of aryl methyl sites for hydroxylation is 2. The van der Waals surface area contributed by atoms with E-state index in [0.29, 0.717) is 11.1 Å². The molecule has 0 saturated carbocycles. The maximum absolute atomic E-state index is 12.5. The summed E-state index contributed by atoms with van der Waals surface area (Å²) in [6, 6.07) is 20.6. The Morgan fingerprint density at radius 1 is 0.553 bits per heavy atom. The normalized spacial score (nSPS) is 11.1. The molecule has 0 aliphatic rings. The van der Waals surface area contributed by atoms with Crippen LogP contribution in [0, 0.1) is 13.8 Å². The van der Waals surface area contributed by atoms with Crippen LogP contribution in [0.5, 0.6) is 0 Å². The van der Waals surface area contributed by atoms with Crippen molar-refractivity contribution >= 4 is 55.4 Å². The van der Waals surface area contributed by atoms with Crippen LogP contribution in [0.4, 0.5) is 21.0 Å². The van der Waals surface area contributed by atoms with E-state index in [-0.39, 0.29) is 32.3 Å². The second-order valence-corrected chi connectivity index (χ2v) is 13.3. The zero-order valence-electron chi connectivity index (χ0n) is 24.8. The molecular weight excluding hydrogens is 652 g/mol. The average molecular weight is 681 g/mol. The summed E-state index contributed by atoms with van der Waals surface area (Å²) in [5, 5.41) is 4.65. The molecule has 4 N–H and O–H groups in total. The van der Waals surface area contributed by atoms with Crippen molar-refractivity contribution in [3.05, 3.63) is 119 Å². The number of esters is 2. The van der Waals surface area contributed by atoms with Gasteiger partial charge in [0, 0.05) is 11.4 Å². The topological polar surface area (TPSA) is 203 Å². The molecule has 4 rings (SSSR count). The van der Waals surface area contributed by atoms with Gasteiger partial charge in [0.05, 0.1) is 20.9 Å². The molecule has 0 aromatic heterocycles. The summed E-state index contributed by atoms with van der Waals surface area (Å²) in [7, 11) is -8.30. The zero-order valence-corrected chi connectivity index (χ0v) is 26.5. The van der Waals surface area contributed by atoms with Gasteiger partial charge in [-0.1, -0.05) is 36.4 Å². The Hall–Kier alpha value is -5.74. The quantitative estimate of drug-likeness (QED) is 0.138. The SMILES string of the molecule is Cc1cccc(S(=O)(=O)NC(=O)Nc2cccc(C(=O)OCOC(=O)c3cccc(NC(=O)NS(=O)(=O)c4cccc(C)c4)c3)c2)c1. The summed E-state index contributed by atoms with van der Waals surface area (Å²) in [6.07, 6.45) is 0. The van der Waals surface area contributed by atoms with Crippen molar-refractivity contribution in [3.63, 3.8) is 0 Å². The highest BCUT2D eigenvalue weighted by Gasteiger charge is 2.20. The number of hydrogen-bond donors (Lipinski definition) is 4. The highest BCUT2D eigenvalue weighted by molar-refractivity contribution is 7.90. The molecule has 0 spiro atoms. The third kappa shape index (κ3) is 9.62. The number of ether oxygens (including phenoxy) is 2. The fourth-order valence-corrected chi connectivity index (χ4v) is 6.01. The first-order valence-electron chi connectivity index (χ1n) is 13.6. The Labute approximate surface area is 270 Å². The summed E-state index contributed by atoms with van der Waals surface area (Å²) < 4.78 is 63.6. The Kier molecular flexibility index (Phi) is 10.6. The summed E-state index contributed by atoms with van der Waals surface area (Å²) in [6.45, 7) is 2.61. The number of nitrogens with one attached hydrogen (secondary N) is 4. The largest absolute Gasteiger partial charge is 0.424 e. The number of anilines is 2. The van der Waals surface area contributed by atoms with Crippen LogP contribution in [0.2, 0.25) is 0 Å². The van der Waals surface area contributed by atoms with E-state index in [0.717, 1.165) is 0 Å². The Balaban J connectivity index is 1.28. The standard InChI is InChI=1S/C31H28N4O10S2/c1-20-7-3-13-26(15-20)46(40,41)34-30(38)32-24-11-5-9-22(17-24)28(36)44-19-45-29(37)23-10-6-12-25(18-23)33-31(39)35-47(42,43)27-14-4-8-21(2)16-27/h3-18H,19H2,1-2H3,(H2,32,34,38)(H2,33,35,39). The molecule has 47 heavy (non-hydrogen) atoms. The molecule has 0 bridgehead atoms. The smallest absolute Gasteiger partial charge is 0.341 e. The van der Waals surface area contributed by atoms with Crippen LogP contribution in [0.25, 0.3) is 0 Å². The average Bonchev–Trinajstić information content (AvgIpc) is 3.00. The van der Waals surface area contributed by atoms with Gasteiger partial charge in [-0.3, -0.25) is 0 Å². The van der Waals surface area contributed by atoms with Crippen LogP contribution in [0.15, 0.2) is 107 Å². The van der Waals surface area contributed by atoms with E-state index in [1.165, 1.54) is 84.9 Å². The minimum absolute atomic E-state index is 0.0433. The molecule has 14 nitrogen and oxygen atoms in total. The molecule has 0 unspecified atom stereocenters. The predicted molar refractivity (Wildman–Crippen MR) is 170 cm³/mol. The molecule has 244 valence electrons. The van der Waals surface area contributed by atoms with Gasteiger partial charge in [-0.05, 0) is 85.6 Å². The van der Waals surface area contributed by atoms with E-state index in [9.17, 15) is 36.0 Å². The van der Waals surface area contributed by atoms with Crippen molar-refractivity contribution in [1.29, 1.82) is 0 Å². The van der Waals surface area contributed by atoms with Gasteiger partial charge in [-0.15, -0.1) is 0 Å². The Bertz CT molecular complexity index is 1920. The Morgan fingerprint density at radius 3 is 1.32 bits per heavy atom. The summed E-state index contributed by atoms with van der Waals surface area (Å²) in [4.78, 5) is 49.5. The predicted octanol–water partition coefficient (Wildman–Crippen LogP) is 4.30. The van der Waals surface area contributed by atoms with E-state index in [2.05, 4.69) is 10.6 Å². The molecule has 0 aliphatic heterocycles. The number of sulfonamides is 2. The minimum Gasteiger partial charge on any atom is -0.424 e. The van der Waals surface area contributed by atoms with Crippen LogP contribution < -0.4 is 20.1 Å². The maximum atomic E-state index is 12.5. The van der Waals surface area contributed by atoms with E-state index in [1.807, 2.05) is 9.44 Å². The molecule has 0 aliphatic carbocycles. The summed E-state index contributed by atoms with van der Waals surface area (Å²) in [5.41, 5.74) is 1.44. The maximum Gasteiger partial charge on any atom is 0.341 e. The van der Waals surface area contributed by atoms with Gasteiger partial charge in [0.15, 0.2) is 0 Å². The van der Waals surface area contributed by atoms with Gasteiger partial charge < -0.3 is 20.1 Å². The van der Waals surface area contributed by atoms with Crippen molar-refractivity contribution in [2.75, 3.05) is 17.4 Å². The second kappa shape index (κ2) is 14.6. The highest BCUT2D eigenvalue weighted by Crippen LogP contribution is 2.16. The van der Waals surface area contributed by atoms with Crippen molar-refractivity contribution in [2.45, 2.75) is 23.6 Å². The highest BCUT2D eigenvalue weighted by atomic mass is 32.2. The molecule has 4 aromatic rings. The van der Waals surface area contributed by atoms with Gasteiger partial charge in [0.2, 0.25) is 6.79 Å². The second-order valence-electron chi connectivity index (χ2n) is 9.90.